The van der Waals surface area contributed by atoms with Crippen LogP contribution in [0, 0.1) is 18.3 Å². The van der Waals surface area contributed by atoms with Crippen LogP contribution in [0.4, 0.5) is 5.69 Å². The second kappa shape index (κ2) is 6.15. The van der Waals surface area contributed by atoms with Crippen LogP contribution < -0.4 is 10.2 Å². The Morgan fingerprint density at radius 1 is 1.50 bits per heavy atom. The van der Waals surface area contributed by atoms with Crippen molar-refractivity contribution in [2.24, 2.45) is 0 Å². The Morgan fingerprint density at radius 2 is 2.25 bits per heavy atom. The van der Waals surface area contributed by atoms with E-state index in [1.54, 1.807) is 0 Å². The van der Waals surface area contributed by atoms with Crippen LogP contribution in [-0.2, 0) is 0 Å². The normalized spacial score (nSPS) is 22.1. The van der Waals surface area contributed by atoms with Gasteiger partial charge in [-0.3, -0.25) is 0 Å². The molecule has 1 N–H and O–H groups in total. The smallest absolute Gasteiger partial charge is 0.0638 e. The summed E-state index contributed by atoms with van der Waals surface area (Å²) in [6.07, 6.45) is 1.63. The zero-order valence-corrected chi connectivity index (χ0v) is 14.0. The first-order valence-electron chi connectivity index (χ1n) is 7.08. The van der Waals surface area contributed by atoms with E-state index in [0.29, 0.717) is 6.42 Å². The van der Waals surface area contributed by atoms with Gasteiger partial charge in [0, 0.05) is 28.3 Å². The molecular weight excluding hydrogens is 314 g/mol. The van der Waals surface area contributed by atoms with Gasteiger partial charge in [0.15, 0.2) is 0 Å². The van der Waals surface area contributed by atoms with E-state index in [0.717, 1.165) is 24.0 Å². The maximum absolute atomic E-state index is 8.96. The summed E-state index contributed by atoms with van der Waals surface area (Å²) in [6.45, 7) is 8.48. The Morgan fingerprint density at radius 3 is 2.90 bits per heavy atom. The highest BCUT2D eigenvalue weighted by Gasteiger charge is 2.31. The molecule has 0 amide bonds. The van der Waals surface area contributed by atoms with Crippen LogP contribution in [0.25, 0.3) is 0 Å². The van der Waals surface area contributed by atoms with Crippen molar-refractivity contribution in [2.45, 2.75) is 45.2 Å². The van der Waals surface area contributed by atoms with Gasteiger partial charge in [-0.25, -0.2) is 0 Å². The number of benzene rings is 1. The van der Waals surface area contributed by atoms with Crippen LogP contribution in [0.2, 0.25) is 0 Å². The van der Waals surface area contributed by atoms with Gasteiger partial charge in [-0.15, -0.1) is 0 Å². The molecule has 1 aromatic carbocycles. The first kappa shape index (κ1) is 15.3. The number of nitrogens with one attached hydrogen (secondary N) is 1. The fraction of sp³-hybridized carbons (Fsp3) is 0.562. The Bertz CT molecular complexity index is 519. The molecule has 1 aliphatic heterocycles. The SMILES string of the molecule is Cc1ccc(N2CC(CC#N)NCCC2(C)C)cc1Br. The van der Waals surface area contributed by atoms with E-state index in [1.165, 1.54) is 11.3 Å². The number of nitrogens with zero attached hydrogens (tertiary/aromatic N) is 2. The van der Waals surface area contributed by atoms with Gasteiger partial charge >= 0.3 is 0 Å². The van der Waals surface area contributed by atoms with Crippen LogP contribution in [0.15, 0.2) is 22.7 Å². The van der Waals surface area contributed by atoms with E-state index in [1.807, 2.05) is 0 Å². The lowest BCUT2D eigenvalue weighted by molar-refractivity contribution is 0.452. The predicted octanol–water partition coefficient (Wildman–Crippen LogP) is 3.62. The average molecular weight is 336 g/mol. The highest BCUT2D eigenvalue weighted by atomic mass is 79.9. The molecule has 1 aromatic rings. The molecule has 0 saturated carbocycles. The second-order valence-electron chi connectivity index (χ2n) is 6.12. The fourth-order valence-corrected chi connectivity index (χ4v) is 3.07. The molecule has 0 radical (unpaired) electrons. The van der Waals surface area contributed by atoms with Crippen molar-refractivity contribution in [1.82, 2.24) is 5.32 Å². The van der Waals surface area contributed by atoms with Crippen molar-refractivity contribution in [3.8, 4) is 6.07 Å². The maximum Gasteiger partial charge on any atom is 0.0638 e. The first-order chi connectivity index (χ1) is 9.44. The van der Waals surface area contributed by atoms with Crippen LogP contribution in [-0.4, -0.2) is 24.7 Å². The Kier molecular flexibility index (Phi) is 4.72. The molecule has 108 valence electrons. The Labute approximate surface area is 130 Å². The third-order valence-corrected chi connectivity index (χ3v) is 4.96. The van der Waals surface area contributed by atoms with Crippen molar-refractivity contribution >= 4 is 21.6 Å². The maximum atomic E-state index is 8.96. The van der Waals surface area contributed by atoms with Gasteiger partial charge in [-0.2, -0.15) is 5.26 Å². The topological polar surface area (TPSA) is 39.1 Å². The summed E-state index contributed by atoms with van der Waals surface area (Å²) in [7, 11) is 0. The van der Waals surface area contributed by atoms with E-state index in [9.17, 15) is 0 Å². The minimum atomic E-state index is 0.0892. The lowest BCUT2D eigenvalue weighted by Crippen LogP contribution is -2.46. The number of anilines is 1. The van der Waals surface area contributed by atoms with Crippen LogP contribution >= 0.6 is 15.9 Å². The average Bonchev–Trinajstić information content (AvgIpc) is 2.52. The number of hydrogen-bond acceptors (Lipinski definition) is 3. The lowest BCUT2D eigenvalue weighted by Gasteiger charge is -2.40. The second-order valence-corrected chi connectivity index (χ2v) is 6.97. The monoisotopic (exact) mass is 335 g/mol. The van der Waals surface area contributed by atoms with E-state index in [4.69, 9.17) is 5.26 Å². The molecule has 1 saturated heterocycles. The lowest BCUT2D eigenvalue weighted by atomic mass is 9.97. The molecule has 2 rings (SSSR count). The third-order valence-electron chi connectivity index (χ3n) is 4.11. The Hall–Kier alpha value is -1.05. The molecule has 1 fully saturated rings. The minimum Gasteiger partial charge on any atom is -0.365 e. The zero-order valence-electron chi connectivity index (χ0n) is 12.4. The zero-order chi connectivity index (χ0) is 14.8. The predicted molar refractivity (Wildman–Crippen MR) is 86.9 cm³/mol. The molecular formula is C16H22BrN3. The van der Waals surface area contributed by atoms with Crippen LogP contribution in [0.5, 0.6) is 0 Å². The fourth-order valence-electron chi connectivity index (χ4n) is 2.70. The van der Waals surface area contributed by atoms with Gasteiger partial charge in [0.2, 0.25) is 0 Å². The van der Waals surface area contributed by atoms with Crippen LogP contribution in [0.1, 0.15) is 32.3 Å². The van der Waals surface area contributed by atoms with Crippen molar-refractivity contribution in [3.63, 3.8) is 0 Å². The minimum absolute atomic E-state index is 0.0892. The molecule has 4 heteroatoms. The molecule has 0 aromatic heterocycles. The van der Waals surface area contributed by atoms with Gasteiger partial charge in [0.25, 0.3) is 0 Å². The van der Waals surface area contributed by atoms with Gasteiger partial charge in [0.1, 0.15) is 0 Å². The highest BCUT2D eigenvalue weighted by Crippen LogP contribution is 2.31. The molecule has 20 heavy (non-hydrogen) atoms. The molecule has 1 heterocycles. The summed E-state index contributed by atoms with van der Waals surface area (Å²) in [5, 5.41) is 12.4. The van der Waals surface area contributed by atoms with Crippen molar-refractivity contribution in [2.75, 3.05) is 18.0 Å². The summed E-state index contributed by atoms with van der Waals surface area (Å²) in [5.74, 6) is 0. The standard InChI is InChI=1S/C16H22BrN3/c1-12-4-5-14(10-15(12)17)20-11-13(6-8-18)19-9-7-16(20,2)3/h4-5,10,13,19H,6-7,9,11H2,1-3H3. The highest BCUT2D eigenvalue weighted by molar-refractivity contribution is 9.10. The summed E-state index contributed by atoms with van der Waals surface area (Å²) < 4.78 is 1.14. The number of aryl methyl sites for hydroxylation is 1. The molecule has 3 nitrogen and oxygen atoms in total. The van der Waals surface area contributed by atoms with Crippen molar-refractivity contribution in [3.05, 3.63) is 28.2 Å². The summed E-state index contributed by atoms with van der Waals surface area (Å²) >= 11 is 3.62. The molecule has 0 bridgehead atoms. The first-order valence-corrected chi connectivity index (χ1v) is 7.87. The van der Waals surface area contributed by atoms with Crippen LogP contribution in [0.3, 0.4) is 0 Å². The van der Waals surface area contributed by atoms with Gasteiger partial charge < -0.3 is 10.2 Å². The molecule has 1 atom stereocenters. The molecule has 1 unspecified atom stereocenters. The summed E-state index contributed by atoms with van der Waals surface area (Å²) in [5.41, 5.74) is 2.55. The van der Waals surface area contributed by atoms with Gasteiger partial charge in [-0.05, 0) is 51.4 Å². The number of rotatable bonds is 2. The Balaban J connectivity index is 2.32. The largest absolute Gasteiger partial charge is 0.365 e. The summed E-state index contributed by atoms with van der Waals surface area (Å²) in [4.78, 5) is 2.43. The van der Waals surface area contributed by atoms with Crippen molar-refractivity contribution in [1.29, 1.82) is 5.26 Å². The summed E-state index contributed by atoms with van der Waals surface area (Å²) in [6, 6.07) is 9.03. The quantitative estimate of drug-likeness (QED) is 0.897. The van der Waals surface area contributed by atoms with E-state index >= 15 is 0 Å². The van der Waals surface area contributed by atoms with Gasteiger partial charge in [-0.1, -0.05) is 22.0 Å². The number of nitriles is 1. The van der Waals surface area contributed by atoms with Crippen molar-refractivity contribution < 1.29 is 0 Å². The van der Waals surface area contributed by atoms with E-state index in [2.05, 4.69) is 71.2 Å². The number of hydrogen-bond donors (Lipinski definition) is 1. The number of halogens is 1. The molecule has 0 aliphatic carbocycles. The molecule has 1 aliphatic rings. The molecule has 0 spiro atoms. The van der Waals surface area contributed by atoms with E-state index < -0.39 is 0 Å². The van der Waals surface area contributed by atoms with Gasteiger partial charge in [0.05, 0.1) is 12.5 Å². The third kappa shape index (κ3) is 3.34. The van der Waals surface area contributed by atoms with E-state index in [-0.39, 0.29) is 11.6 Å².